The number of aliphatic imine (C=N–C) groups is 1. The van der Waals surface area contributed by atoms with Gasteiger partial charge in [0.1, 0.15) is 6.61 Å². The number of ether oxygens (including phenoxy) is 2. The highest BCUT2D eigenvalue weighted by Gasteiger charge is 2.35. The Hall–Kier alpha value is -2.88. The van der Waals surface area contributed by atoms with Gasteiger partial charge in [0.05, 0.1) is 11.8 Å². The summed E-state index contributed by atoms with van der Waals surface area (Å²) < 4.78 is 26.1. The van der Waals surface area contributed by atoms with Gasteiger partial charge in [-0.25, -0.2) is 9.18 Å². The molecule has 10 heteroatoms. The third-order valence-corrected chi connectivity index (χ3v) is 6.54. The number of likely N-dealkylation sites (tertiary alicyclic amines) is 1. The second-order valence-electron chi connectivity index (χ2n) is 9.07. The van der Waals surface area contributed by atoms with Gasteiger partial charge in [0.2, 0.25) is 5.91 Å². The van der Waals surface area contributed by atoms with Crippen LogP contribution in [0.4, 0.5) is 14.9 Å². The van der Waals surface area contributed by atoms with Crippen LogP contribution in [0.25, 0.3) is 0 Å². The van der Waals surface area contributed by atoms with E-state index in [1.807, 2.05) is 9.80 Å². The first kappa shape index (κ1) is 23.3. The summed E-state index contributed by atoms with van der Waals surface area (Å²) in [4.78, 5) is 30.9. The fourth-order valence-corrected chi connectivity index (χ4v) is 4.46. The number of anilines is 1. The van der Waals surface area contributed by atoms with E-state index < -0.39 is 17.9 Å². The standard InChI is InChI=1S/C23H32FN5O4/c24-20-17(14-33-23(31)27-22(25)26)2-1-3-19(20)29-11-8-18(12-29)32-13-15-6-9-28(10-7-15)21(30)16-4-5-16/h1-3,15-16,18H,4-14H2,(H4,25,26,27,31)/t18-/m0/s1. The average Bonchev–Trinajstić information content (AvgIpc) is 3.54. The number of carbonyl (C=O) groups excluding carboxylic acids is 2. The summed E-state index contributed by atoms with van der Waals surface area (Å²) in [6, 6.07) is 5.00. The number of halogens is 1. The number of guanidine groups is 1. The molecular formula is C23H32FN5O4. The Morgan fingerprint density at radius 3 is 2.55 bits per heavy atom. The van der Waals surface area contributed by atoms with Crippen LogP contribution in [0.2, 0.25) is 0 Å². The molecule has 2 aliphatic heterocycles. The van der Waals surface area contributed by atoms with Gasteiger partial charge < -0.3 is 30.7 Å². The molecule has 0 unspecified atom stereocenters. The monoisotopic (exact) mass is 461 g/mol. The number of hydrogen-bond donors (Lipinski definition) is 2. The predicted octanol–water partition coefficient (Wildman–Crippen LogP) is 1.98. The van der Waals surface area contributed by atoms with Crippen molar-refractivity contribution in [2.24, 2.45) is 28.3 Å². The van der Waals surface area contributed by atoms with Crippen LogP contribution in [0.1, 0.15) is 37.7 Å². The molecule has 3 aliphatic rings. The molecule has 2 saturated heterocycles. The van der Waals surface area contributed by atoms with E-state index in [1.54, 1.807) is 18.2 Å². The van der Waals surface area contributed by atoms with Crippen molar-refractivity contribution in [2.75, 3.05) is 37.7 Å². The Bertz CT molecular complexity index is 895. The molecule has 2 heterocycles. The summed E-state index contributed by atoms with van der Waals surface area (Å²) in [5.74, 6) is 0.239. The predicted molar refractivity (Wildman–Crippen MR) is 121 cm³/mol. The third-order valence-electron chi connectivity index (χ3n) is 6.54. The highest BCUT2D eigenvalue weighted by atomic mass is 19.1. The lowest BCUT2D eigenvalue weighted by Gasteiger charge is -2.32. The lowest BCUT2D eigenvalue weighted by Crippen LogP contribution is -2.40. The van der Waals surface area contributed by atoms with Crippen molar-refractivity contribution < 1.29 is 23.5 Å². The smallest absolute Gasteiger partial charge is 0.437 e. The van der Waals surface area contributed by atoms with Gasteiger partial charge in [-0.2, -0.15) is 0 Å². The second-order valence-corrected chi connectivity index (χ2v) is 9.07. The number of piperidine rings is 1. The quantitative estimate of drug-likeness (QED) is 0.470. The zero-order chi connectivity index (χ0) is 23.4. The van der Waals surface area contributed by atoms with Gasteiger partial charge in [-0.3, -0.25) is 4.79 Å². The van der Waals surface area contributed by atoms with Crippen LogP contribution in [0, 0.1) is 17.7 Å². The van der Waals surface area contributed by atoms with Crippen molar-refractivity contribution >= 4 is 23.6 Å². The van der Waals surface area contributed by atoms with Crippen LogP contribution in [-0.4, -0.2) is 61.7 Å². The minimum Gasteiger partial charge on any atom is -0.443 e. The molecule has 3 fully saturated rings. The van der Waals surface area contributed by atoms with Gasteiger partial charge >= 0.3 is 6.09 Å². The first-order valence-corrected chi connectivity index (χ1v) is 11.6. The zero-order valence-electron chi connectivity index (χ0n) is 18.7. The van der Waals surface area contributed by atoms with Gasteiger partial charge in [-0.15, -0.1) is 4.99 Å². The van der Waals surface area contributed by atoms with Gasteiger partial charge in [-0.1, -0.05) is 12.1 Å². The van der Waals surface area contributed by atoms with Crippen molar-refractivity contribution in [3.63, 3.8) is 0 Å². The Morgan fingerprint density at radius 2 is 1.85 bits per heavy atom. The molecule has 4 N–H and O–H groups in total. The SMILES string of the molecule is NC(N)=NC(=O)OCc1cccc(N2CC[C@H](OCC3CCN(C(=O)C4CC4)CC3)C2)c1F. The summed E-state index contributed by atoms with van der Waals surface area (Å²) in [6.45, 7) is 3.36. The van der Waals surface area contributed by atoms with Gasteiger partial charge in [0, 0.05) is 44.3 Å². The Balaban J connectivity index is 1.23. The molecule has 0 aromatic heterocycles. The van der Waals surface area contributed by atoms with Crippen molar-refractivity contribution in [3.05, 3.63) is 29.6 Å². The minimum absolute atomic E-state index is 0.0406. The molecule has 1 aromatic carbocycles. The molecule has 33 heavy (non-hydrogen) atoms. The van der Waals surface area contributed by atoms with E-state index in [2.05, 4.69) is 4.99 Å². The van der Waals surface area contributed by atoms with Crippen LogP contribution in [-0.2, 0) is 20.9 Å². The zero-order valence-corrected chi connectivity index (χ0v) is 18.7. The first-order valence-electron chi connectivity index (χ1n) is 11.6. The van der Waals surface area contributed by atoms with Crippen molar-refractivity contribution in [1.29, 1.82) is 0 Å². The summed E-state index contributed by atoms with van der Waals surface area (Å²) in [7, 11) is 0. The molecule has 4 rings (SSSR count). The largest absolute Gasteiger partial charge is 0.443 e. The maximum absolute atomic E-state index is 15.0. The lowest BCUT2D eigenvalue weighted by atomic mass is 9.97. The average molecular weight is 462 g/mol. The molecule has 1 aromatic rings. The van der Waals surface area contributed by atoms with Crippen molar-refractivity contribution in [2.45, 2.75) is 44.8 Å². The van der Waals surface area contributed by atoms with Gasteiger partial charge in [0.25, 0.3) is 0 Å². The van der Waals surface area contributed by atoms with Crippen LogP contribution in [0.15, 0.2) is 23.2 Å². The molecule has 2 amide bonds. The molecular weight excluding hydrogens is 429 g/mol. The van der Waals surface area contributed by atoms with Crippen molar-refractivity contribution in [1.82, 2.24) is 4.90 Å². The van der Waals surface area contributed by atoms with E-state index in [1.165, 1.54) is 0 Å². The molecule has 1 aliphatic carbocycles. The lowest BCUT2D eigenvalue weighted by molar-refractivity contribution is -0.134. The van der Waals surface area contributed by atoms with Crippen LogP contribution >= 0.6 is 0 Å². The van der Waals surface area contributed by atoms with Gasteiger partial charge in [-0.05, 0) is 44.1 Å². The Morgan fingerprint density at radius 1 is 1.09 bits per heavy atom. The first-order chi connectivity index (χ1) is 15.9. The van der Waals surface area contributed by atoms with Crippen LogP contribution in [0.5, 0.6) is 0 Å². The number of nitrogens with zero attached hydrogens (tertiary/aromatic N) is 3. The molecule has 1 atom stereocenters. The molecule has 0 radical (unpaired) electrons. The van der Waals surface area contributed by atoms with Crippen LogP contribution in [0.3, 0.4) is 0 Å². The topological polar surface area (TPSA) is 123 Å². The minimum atomic E-state index is -0.961. The van der Waals surface area contributed by atoms with Gasteiger partial charge in [0.15, 0.2) is 11.8 Å². The summed E-state index contributed by atoms with van der Waals surface area (Å²) >= 11 is 0. The van der Waals surface area contributed by atoms with Crippen molar-refractivity contribution in [3.8, 4) is 0 Å². The van der Waals surface area contributed by atoms with E-state index >= 15 is 4.39 Å². The number of hydrogen-bond acceptors (Lipinski definition) is 5. The number of carbonyl (C=O) groups is 2. The summed E-state index contributed by atoms with van der Waals surface area (Å²) in [5.41, 5.74) is 11.0. The molecule has 0 spiro atoms. The fourth-order valence-electron chi connectivity index (χ4n) is 4.46. The molecule has 180 valence electrons. The van der Waals surface area contributed by atoms with Crippen LogP contribution < -0.4 is 16.4 Å². The van der Waals surface area contributed by atoms with E-state index in [-0.39, 0.29) is 24.2 Å². The normalized spacial score (nSPS) is 21.2. The summed E-state index contributed by atoms with van der Waals surface area (Å²) in [5, 5.41) is 0. The number of amides is 2. The Kier molecular flexibility index (Phi) is 7.32. The Labute approximate surface area is 192 Å². The fraction of sp³-hybridized carbons (Fsp3) is 0.609. The highest BCUT2D eigenvalue weighted by molar-refractivity contribution is 5.87. The maximum Gasteiger partial charge on any atom is 0.437 e. The second kappa shape index (κ2) is 10.4. The van der Waals surface area contributed by atoms with E-state index in [9.17, 15) is 9.59 Å². The molecule has 9 nitrogen and oxygen atoms in total. The van der Waals surface area contributed by atoms with E-state index in [0.717, 1.165) is 45.2 Å². The highest BCUT2D eigenvalue weighted by Crippen LogP contribution is 2.33. The van der Waals surface area contributed by atoms with E-state index in [0.29, 0.717) is 37.2 Å². The molecule has 1 saturated carbocycles. The van der Waals surface area contributed by atoms with E-state index in [4.69, 9.17) is 20.9 Å². The third kappa shape index (κ3) is 6.13. The number of rotatable bonds is 7. The maximum atomic E-state index is 15.0. The molecule has 0 bridgehead atoms. The summed E-state index contributed by atoms with van der Waals surface area (Å²) in [6.07, 6.45) is 3.95. The number of nitrogens with two attached hydrogens (primary N) is 2. The number of benzene rings is 1.